The van der Waals surface area contributed by atoms with E-state index in [1.54, 1.807) is 27.7 Å². The summed E-state index contributed by atoms with van der Waals surface area (Å²) >= 11 is 0. The second-order valence-corrected chi connectivity index (χ2v) is 8.01. The zero-order chi connectivity index (χ0) is 19.8. The van der Waals surface area contributed by atoms with Crippen molar-refractivity contribution in [1.29, 1.82) is 0 Å². The average Bonchev–Trinajstić information content (AvgIpc) is 2.93. The molecule has 3 rings (SSSR count). The lowest BCUT2D eigenvalue weighted by atomic mass is 9.74. The highest BCUT2D eigenvalue weighted by atomic mass is 16.5. The molecule has 2 N–H and O–H groups in total. The summed E-state index contributed by atoms with van der Waals surface area (Å²) in [6, 6.07) is 16.2. The number of benzene rings is 2. The van der Waals surface area contributed by atoms with Crippen LogP contribution in [0.3, 0.4) is 0 Å². The normalized spacial score (nSPS) is 13.6. The smallest absolute Gasteiger partial charge is 0.407 e. The number of carboxylic acids is 1. The molecule has 2 aromatic rings. The van der Waals surface area contributed by atoms with E-state index in [1.165, 1.54) is 0 Å². The van der Waals surface area contributed by atoms with Gasteiger partial charge in [-0.2, -0.15) is 0 Å². The Morgan fingerprint density at radius 3 is 1.93 bits per heavy atom. The van der Waals surface area contributed by atoms with Gasteiger partial charge >= 0.3 is 12.1 Å². The molecule has 142 valence electrons. The molecule has 5 heteroatoms. The minimum Gasteiger partial charge on any atom is -0.481 e. The second-order valence-electron chi connectivity index (χ2n) is 8.01. The number of carbonyl (C=O) groups is 2. The number of nitrogens with one attached hydrogen (secondary N) is 1. The van der Waals surface area contributed by atoms with Crippen molar-refractivity contribution in [3.05, 3.63) is 59.7 Å². The molecule has 1 aliphatic carbocycles. The largest absolute Gasteiger partial charge is 0.481 e. The van der Waals surface area contributed by atoms with Gasteiger partial charge in [-0.05, 0) is 49.9 Å². The lowest BCUT2D eigenvalue weighted by Crippen LogP contribution is -2.57. The molecule has 0 saturated carbocycles. The van der Waals surface area contributed by atoms with Crippen molar-refractivity contribution in [3.63, 3.8) is 0 Å². The number of amides is 1. The third kappa shape index (κ3) is 3.29. The summed E-state index contributed by atoms with van der Waals surface area (Å²) < 4.78 is 5.51. The Kier molecular flexibility index (Phi) is 4.72. The van der Waals surface area contributed by atoms with Crippen molar-refractivity contribution >= 4 is 12.1 Å². The van der Waals surface area contributed by atoms with E-state index in [-0.39, 0.29) is 12.5 Å². The van der Waals surface area contributed by atoms with Crippen LogP contribution in [0, 0.1) is 5.41 Å². The molecule has 0 atom stereocenters. The van der Waals surface area contributed by atoms with E-state index >= 15 is 0 Å². The standard InChI is InChI=1S/C22H25NO4/c1-21(2,19(24)25)22(3,4)23-20(26)27-13-18-16-11-7-5-9-14(16)15-10-6-8-12-17(15)18/h5-12,18H,13H2,1-4H3,(H,23,26)(H,24,25). The number of alkyl carbamates (subject to hydrolysis) is 1. The summed E-state index contributed by atoms with van der Waals surface area (Å²) in [4.78, 5) is 23.9. The molecule has 1 amide bonds. The molecule has 0 aromatic heterocycles. The van der Waals surface area contributed by atoms with Gasteiger partial charge in [-0.25, -0.2) is 4.79 Å². The molecular formula is C22H25NO4. The molecule has 0 bridgehead atoms. The predicted molar refractivity (Wildman–Crippen MR) is 104 cm³/mol. The monoisotopic (exact) mass is 367 g/mol. The van der Waals surface area contributed by atoms with Crippen molar-refractivity contribution in [3.8, 4) is 11.1 Å². The molecule has 0 saturated heterocycles. The van der Waals surface area contributed by atoms with Gasteiger partial charge in [-0.1, -0.05) is 48.5 Å². The Labute approximate surface area is 159 Å². The summed E-state index contributed by atoms with van der Waals surface area (Å²) in [7, 11) is 0. The molecule has 0 heterocycles. The van der Waals surface area contributed by atoms with Crippen molar-refractivity contribution in [2.75, 3.05) is 6.61 Å². The van der Waals surface area contributed by atoms with Crippen molar-refractivity contribution < 1.29 is 19.4 Å². The molecule has 0 aliphatic heterocycles. The summed E-state index contributed by atoms with van der Waals surface area (Å²) in [6.45, 7) is 6.73. The first-order chi connectivity index (χ1) is 12.6. The zero-order valence-corrected chi connectivity index (χ0v) is 16.1. The Bertz CT molecular complexity index is 840. The maximum Gasteiger partial charge on any atom is 0.407 e. The number of rotatable bonds is 5. The van der Waals surface area contributed by atoms with Crippen LogP contribution in [0.25, 0.3) is 11.1 Å². The minimum atomic E-state index is -1.14. The maximum atomic E-state index is 12.4. The van der Waals surface area contributed by atoms with Crippen molar-refractivity contribution in [2.45, 2.75) is 39.2 Å². The van der Waals surface area contributed by atoms with Gasteiger partial charge in [0.1, 0.15) is 6.61 Å². The molecule has 0 fully saturated rings. The van der Waals surface area contributed by atoms with Gasteiger partial charge in [-0.3, -0.25) is 4.79 Å². The Balaban J connectivity index is 1.74. The van der Waals surface area contributed by atoms with E-state index in [4.69, 9.17) is 4.74 Å². The highest BCUT2D eigenvalue weighted by molar-refractivity contribution is 5.79. The fourth-order valence-corrected chi connectivity index (χ4v) is 3.31. The van der Waals surface area contributed by atoms with E-state index in [1.807, 2.05) is 24.3 Å². The number of carbonyl (C=O) groups excluding carboxylic acids is 1. The van der Waals surface area contributed by atoms with Gasteiger partial charge in [-0.15, -0.1) is 0 Å². The van der Waals surface area contributed by atoms with Gasteiger partial charge in [0.05, 0.1) is 11.0 Å². The highest BCUT2D eigenvalue weighted by Gasteiger charge is 2.45. The third-order valence-corrected chi connectivity index (χ3v) is 5.86. The first kappa shape index (κ1) is 19.0. The SMILES string of the molecule is CC(C)(NC(=O)OCC1c2ccccc2-c2ccccc21)C(C)(C)C(=O)O. The topological polar surface area (TPSA) is 75.6 Å². The van der Waals surface area contributed by atoms with Gasteiger partial charge in [0.2, 0.25) is 0 Å². The third-order valence-electron chi connectivity index (χ3n) is 5.86. The quantitative estimate of drug-likeness (QED) is 0.820. The number of carboxylic acid groups (broad SMARTS) is 1. The van der Waals surface area contributed by atoms with E-state index < -0.39 is 23.0 Å². The molecular weight excluding hydrogens is 342 g/mol. The number of ether oxygens (including phenoxy) is 1. The van der Waals surface area contributed by atoms with Gasteiger partial charge in [0.15, 0.2) is 0 Å². The molecule has 0 unspecified atom stereocenters. The van der Waals surface area contributed by atoms with Crippen LogP contribution < -0.4 is 5.32 Å². The summed E-state index contributed by atoms with van der Waals surface area (Å²) in [6.07, 6.45) is -0.615. The lowest BCUT2D eigenvalue weighted by molar-refractivity contribution is -0.150. The van der Waals surface area contributed by atoms with Gasteiger partial charge in [0.25, 0.3) is 0 Å². The first-order valence-electron chi connectivity index (χ1n) is 9.01. The van der Waals surface area contributed by atoms with Gasteiger partial charge in [0, 0.05) is 5.92 Å². The molecule has 1 aliphatic rings. The molecule has 5 nitrogen and oxygen atoms in total. The number of hydrogen-bond donors (Lipinski definition) is 2. The Morgan fingerprint density at radius 2 is 1.44 bits per heavy atom. The van der Waals surface area contributed by atoms with Crippen LogP contribution in [-0.2, 0) is 9.53 Å². The van der Waals surface area contributed by atoms with Crippen molar-refractivity contribution in [2.24, 2.45) is 5.41 Å². The van der Waals surface area contributed by atoms with E-state index in [0.717, 1.165) is 22.3 Å². The number of aliphatic carboxylic acids is 1. The molecule has 0 spiro atoms. The molecule has 0 radical (unpaired) electrons. The van der Waals surface area contributed by atoms with E-state index in [9.17, 15) is 14.7 Å². The number of hydrogen-bond acceptors (Lipinski definition) is 3. The van der Waals surface area contributed by atoms with Crippen LogP contribution in [0.2, 0.25) is 0 Å². The van der Waals surface area contributed by atoms with E-state index in [0.29, 0.717) is 0 Å². The van der Waals surface area contributed by atoms with Crippen LogP contribution in [0.15, 0.2) is 48.5 Å². The first-order valence-corrected chi connectivity index (χ1v) is 9.01. The summed E-state index contributed by atoms with van der Waals surface area (Å²) in [5, 5.41) is 12.1. The highest BCUT2D eigenvalue weighted by Crippen LogP contribution is 2.44. The fraction of sp³-hybridized carbons (Fsp3) is 0.364. The van der Waals surface area contributed by atoms with E-state index in [2.05, 4.69) is 29.6 Å². The van der Waals surface area contributed by atoms with Crippen molar-refractivity contribution in [1.82, 2.24) is 5.32 Å². The number of fused-ring (bicyclic) bond motifs is 3. The zero-order valence-electron chi connectivity index (χ0n) is 16.1. The molecule has 2 aromatic carbocycles. The Hall–Kier alpha value is -2.82. The van der Waals surface area contributed by atoms with Crippen LogP contribution >= 0.6 is 0 Å². The second kappa shape index (κ2) is 6.72. The van der Waals surface area contributed by atoms with Crippen LogP contribution in [0.4, 0.5) is 4.79 Å². The van der Waals surface area contributed by atoms with Crippen LogP contribution in [-0.4, -0.2) is 29.3 Å². The van der Waals surface area contributed by atoms with Crippen LogP contribution in [0.5, 0.6) is 0 Å². The summed E-state index contributed by atoms with van der Waals surface area (Å²) in [5.41, 5.74) is 2.48. The lowest BCUT2D eigenvalue weighted by Gasteiger charge is -2.38. The minimum absolute atomic E-state index is 0.0289. The predicted octanol–water partition coefficient (Wildman–Crippen LogP) is 4.41. The van der Waals surface area contributed by atoms with Gasteiger partial charge < -0.3 is 15.2 Å². The molecule has 27 heavy (non-hydrogen) atoms. The van der Waals surface area contributed by atoms with Crippen LogP contribution in [0.1, 0.15) is 44.7 Å². The Morgan fingerprint density at radius 1 is 0.963 bits per heavy atom. The average molecular weight is 367 g/mol. The maximum absolute atomic E-state index is 12.4. The fourth-order valence-electron chi connectivity index (χ4n) is 3.31. The summed E-state index contributed by atoms with van der Waals surface area (Å²) in [5.74, 6) is -1.01.